The van der Waals surface area contributed by atoms with Crippen molar-refractivity contribution >= 4 is 22.8 Å². The summed E-state index contributed by atoms with van der Waals surface area (Å²) in [6.45, 7) is 6.44. The van der Waals surface area contributed by atoms with Crippen molar-refractivity contribution in [3.8, 4) is 23.0 Å². The summed E-state index contributed by atoms with van der Waals surface area (Å²) in [4.78, 5) is 16.7. The van der Waals surface area contributed by atoms with Gasteiger partial charge in [0.15, 0.2) is 11.2 Å². The normalized spacial score (nSPS) is 21.8. The molecule has 202 valence electrons. The standard InChI is InChI=1S/C30H33ClN6O2/c1-30(11-12-30)39-29-26-28(33-19-34-29)37(18-20-5-3-2-4-6-20)27(35-26)24-10-9-23(15-25(24)31)38-14-13-36-21-7-8-22(36)17-32-16-21/h2-6,9-10,15,19,21-22,32H,7-8,11-14,16-18H2,1H3. The van der Waals surface area contributed by atoms with Gasteiger partial charge in [0.2, 0.25) is 5.88 Å². The number of imidazole rings is 1. The van der Waals surface area contributed by atoms with E-state index in [0.717, 1.165) is 60.8 Å². The highest BCUT2D eigenvalue weighted by Gasteiger charge is 2.41. The van der Waals surface area contributed by atoms with Crippen LogP contribution in [0.5, 0.6) is 11.6 Å². The van der Waals surface area contributed by atoms with Crippen molar-refractivity contribution in [2.24, 2.45) is 0 Å². The number of fused-ring (bicyclic) bond motifs is 3. The van der Waals surface area contributed by atoms with Crippen LogP contribution in [0.4, 0.5) is 0 Å². The fourth-order valence-corrected chi connectivity index (χ4v) is 6.15. The highest BCUT2D eigenvalue weighted by Crippen LogP contribution is 2.41. The molecule has 39 heavy (non-hydrogen) atoms. The van der Waals surface area contributed by atoms with Crippen LogP contribution in [-0.4, -0.2) is 68.3 Å². The third-order valence-electron chi connectivity index (χ3n) is 8.31. The number of aromatic nitrogens is 4. The molecule has 3 fully saturated rings. The summed E-state index contributed by atoms with van der Waals surface area (Å²) in [6.07, 6.45) is 6.13. The van der Waals surface area contributed by atoms with Gasteiger partial charge in [-0.3, -0.25) is 4.90 Å². The van der Waals surface area contributed by atoms with Gasteiger partial charge < -0.3 is 19.4 Å². The number of hydrogen-bond acceptors (Lipinski definition) is 7. The Morgan fingerprint density at radius 1 is 1.05 bits per heavy atom. The van der Waals surface area contributed by atoms with Gasteiger partial charge in [0, 0.05) is 37.3 Å². The van der Waals surface area contributed by atoms with E-state index in [-0.39, 0.29) is 5.60 Å². The molecule has 2 bridgehead atoms. The van der Waals surface area contributed by atoms with Crippen molar-refractivity contribution in [1.82, 2.24) is 29.7 Å². The van der Waals surface area contributed by atoms with E-state index in [0.29, 0.717) is 41.7 Å². The summed E-state index contributed by atoms with van der Waals surface area (Å²) < 4.78 is 14.5. The number of nitrogens with one attached hydrogen (secondary N) is 1. The van der Waals surface area contributed by atoms with Crippen molar-refractivity contribution in [3.63, 3.8) is 0 Å². The van der Waals surface area contributed by atoms with Crippen LogP contribution in [0.2, 0.25) is 5.02 Å². The lowest BCUT2D eigenvalue weighted by Gasteiger charge is -2.35. The summed E-state index contributed by atoms with van der Waals surface area (Å²) in [7, 11) is 0. The second kappa shape index (κ2) is 10.1. The third-order valence-corrected chi connectivity index (χ3v) is 8.62. The van der Waals surface area contributed by atoms with E-state index in [2.05, 4.69) is 43.8 Å². The quantitative estimate of drug-likeness (QED) is 0.320. The highest BCUT2D eigenvalue weighted by molar-refractivity contribution is 6.33. The first-order chi connectivity index (χ1) is 19.1. The lowest BCUT2D eigenvalue weighted by Crippen LogP contribution is -2.52. The van der Waals surface area contributed by atoms with Gasteiger partial charge >= 0.3 is 0 Å². The first-order valence-electron chi connectivity index (χ1n) is 13.9. The number of nitrogens with zero attached hydrogens (tertiary/aromatic N) is 5. The van der Waals surface area contributed by atoms with Gasteiger partial charge in [0.25, 0.3) is 0 Å². The molecule has 1 aliphatic carbocycles. The minimum atomic E-state index is -0.175. The second-order valence-corrected chi connectivity index (χ2v) is 11.6. The first-order valence-corrected chi connectivity index (χ1v) is 14.3. The van der Waals surface area contributed by atoms with E-state index in [4.69, 9.17) is 26.1 Å². The molecule has 4 aromatic rings. The van der Waals surface area contributed by atoms with Crippen molar-refractivity contribution in [3.05, 3.63) is 65.4 Å². The van der Waals surface area contributed by atoms with Crippen molar-refractivity contribution in [2.45, 2.75) is 56.8 Å². The van der Waals surface area contributed by atoms with E-state index < -0.39 is 0 Å². The first kappa shape index (κ1) is 24.8. The second-order valence-electron chi connectivity index (χ2n) is 11.2. The Morgan fingerprint density at radius 2 is 1.85 bits per heavy atom. The van der Waals surface area contributed by atoms with Gasteiger partial charge in [0.1, 0.15) is 30.1 Å². The van der Waals surface area contributed by atoms with Crippen LogP contribution in [0, 0.1) is 0 Å². The fourth-order valence-electron chi connectivity index (χ4n) is 5.89. The van der Waals surface area contributed by atoms with Crippen LogP contribution in [0.25, 0.3) is 22.6 Å². The Balaban J connectivity index is 1.17. The van der Waals surface area contributed by atoms with E-state index in [1.807, 2.05) is 36.4 Å². The summed E-state index contributed by atoms with van der Waals surface area (Å²) in [5.74, 6) is 2.02. The molecular formula is C30H33ClN6O2. The molecular weight excluding hydrogens is 512 g/mol. The minimum absolute atomic E-state index is 0.175. The van der Waals surface area contributed by atoms with E-state index in [9.17, 15) is 0 Å². The zero-order valence-corrected chi connectivity index (χ0v) is 22.9. The molecule has 7 rings (SSSR count). The summed E-state index contributed by atoms with van der Waals surface area (Å²) in [5.41, 5.74) is 3.17. The van der Waals surface area contributed by atoms with Crippen molar-refractivity contribution < 1.29 is 9.47 Å². The SMILES string of the molecule is CC1(Oc2ncnc3c2nc(-c2ccc(OCCN4C5CCC4CNC5)cc2Cl)n3Cc2ccccc2)CC1. The van der Waals surface area contributed by atoms with Gasteiger partial charge in [-0.2, -0.15) is 4.98 Å². The Labute approximate surface area is 233 Å². The molecule has 2 saturated heterocycles. The zero-order chi connectivity index (χ0) is 26.4. The third kappa shape index (κ3) is 4.97. The largest absolute Gasteiger partial charge is 0.492 e. The molecule has 3 aliphatic rings. The Kier molecular flexibility index (Phi) is 6.41. The van der Waals surface area contributed by atoms with Gasteiger partial charge in [-0.05, 0) is 56.4 Å². The molecule has 1 saturated carbocycles. The molecule has 2 aliphatic heterocycles. The Hall–Kier alpha value is -3.20. The molecule has 0 spiro atoms. The van der Waals surface area contributed by atoms with E-state index in [1.165, 1.54) is 12.8 Å². The molecule has 0 radical (unpaired) electrons. The molecule has 2 atom stereocenters. The van der Waals surface area contributed by atoms with Crippen LogP contribution in [0.3, 0.4) is 0 Å². The van der Waals surface area contributed by atoms with E-state index in [1.54, 1.807) is 6.33 Å². The van der Waals surface area contributed by atoms with Crippen molar-refractivity contribution in [2.75, 3.05) is 26.2 Å². The molecule has 0 amide bonds. The molecule has 4 heterocycles. The number of halogens is 1. The topological polar surface area (TPSA) is 77.3 Å². The van der Waals surface area contributed by atoms with E-state index >= 15 is 0 Å². The minimum Gasteiger partial charge on any atom is -0.492 e. The van der Waals surface area contributed by atoms with Crippen LogP contribution >= 0.6 is 11.6 Å². The molecule has 1 N–H and O–H groups in total. The lowest BCUT2D eigenvalue weighted by molar-refractivity contribution is 0.127. The summed E-state index contributed by atoms with van der Waals surface area (Å²) >= 11 is 6.89. The van der Waals surface area contributed by atoms with Crippen LogP contribution in [0.1, 0.15) is 38.2 Å². The fraction of sp³-hybridized carbons (Fsp3) is 0.433. The Bertz CT molecular complexity index is 1470. The summed E-state index contributed by atoms with van der Waals surface area (Å²) in [6, 6.07) is 17.4. The average Bonchev–Trinajstić information content (AvgIpc) is 3.50. The van der Waals surface area contributed by atoms with Gasteiger partial charge in [-0.25, -0.2) is 9.97 Å². The molecule has 2 aromatic carbocycles. The van der Waals surface area contributed by atoms with Crippen LogP contribution in [-0.2, 0) is 6.54 Å². The van der Waals surface area contributed by atoms with Gasteiger partial charge in [-0.15, -0.1) is 0 Å². The average molecular weight is 545 g/mol. The number of piperazine rings is 1. The number of benzene rings is 2. The molecule has 2 unspecified atom stereocenters. The monoisotopic (exact) mass is 544 g/mol. The smallest absolute Gasteiger partial charge is 0.245 e. The van der Waals surface area contributed by atoms with Gasteiger partial charge in [-0.1, -0.05) is 41.9 Å². The predicted octanol–water partition coefficient (Wildman–Crippen LogP) is 4.94. The number of ether oxygens (including phenoxy) is 2. The number of hydrogen-bond donors (Lipinski definition) is 1. The maximum absolute atomic E-state index is 6.89. The van der Waals surface area contributed by atoms with Crippen LogP contribution < -0.4 is 14.8 Å². The van der Waals surface area contributed by atoms with Crippen molar-refractivity contribution in [1.29, 1.82) is 0 Å². The predicted molar refractivity (Wildman–Crippen MR) is 151 cm³/mol. The highest BCUT2D eigenvalue weighted by atomic mass is 35.5. The molecule has 2 aromatic heterocycles. The number of rotatable bonds is 9. The maximum atomic E-state index is 6.89. The summed E-state index contributed by atoms with van der Waals surface area (Å²) in [5, 5.41) is 4.12. The molecule has 9 heteroatoms. The van der Waals surface area contributed by atoms with Crippen LogP contribution in [0.15, 0.2) is 54.9 Å². The Morgan fingerprint density at radius 3 is 2.59 bits per heavy atom. The maximum Gasteiger partial charge on any atom is 0.245 e. The van der Waals surface area contributed by atoms with Gasteiger partial charge in [0.05, 0.1) is 11.6 Å². The molecule has 8 nitrogen and oxygen atoms in total. The lowest BCUT2D eigenvalue weighted by atomic mass is 10.2. The zero-order valence-electron chi connectivity index (χ0n) is 22.1.